The van der Waals surface area contributed by atoms with E-state index in [2.05, 4.69) is 26.8 Å². The van der Waals surface area contributed by atoms with Gasteiger partial charge in [-0.05, 0) is 24.3 Å². The zero-order valence-corrected chi connectivity index (χ0v) is 14.9. The highest BCUT2D eigenvalue weighted by atomic mass is 79.9. The molecule has 0 spiro atoms. The number of halogens is 1. The van der Waals surface area contributed by atoms with E-state index in [1.165, 1.54) is 12.1 Å². The summed E-state index contributed by atoms with van der Waals surface area (Å²) in [7, 11) is 0. The van der Waals surface area contributed by atoms with Gasteiger partial charge in [-0.2, -0.15) is 0 Å². The molecular weight excluding hydrogens is 400 g/mol. The molecule has 7 heteroatoms. The summed E-state index contributed by atoms with van der Waals surface area (Å²) in [6, 6.07) is 12.9. The van der Waals surface area contributed by atoms with E-state index >= 15 is 0 Å². The van der Waals surface area contributed by atoms with Crippen molar-refractivity contribution in [3.8, 4) is 23.6 Å². The van der Waals surface area contributed by atoms with Crippen molar-refractivity contribution < 1.29 is 14.5 Å². The van der Waals surface area contributed by atoms with Crippen molar-refractivity contribution in [1.82, 2.24) is 4.98 Å². The fourth-order valence-electron chi connectivity index (χ4n) is 2.48. The Kier molecular flexibility index (Phi) is 4.96. The molecule has 0 bridgehead atoms. The smallest absolute Gasteiger partial charge is 0.339 e. The lowest BCUT2D eigenvalue weighted by atomic mass is 10.0. The quantitative estimate of drug-likeness (QED) is 0.276. The molecule has 0 aliphatic carbocycles. The number of terminal acetylenes is 1. The van der Waals surface area contributed by atoms with Crippen LogP contribution in [-0.4, -0.2) is 22.5 Å². The van der Waals surface area contributed by atoms with Gasteiger partial charge >= 0.3 is 5.97 Å². The Morgan fingerprint density at radius 1 is 1.27 bits per heavy atom. The summed E-state index contributed by atoms with van der Waals surface area (Å²) < 4.78 is 5.83. The SMILES string of the molecule is C#CCOC(=O)c1cc(-c2cccc([N+](=O)[O-])c2)nc2ccc(Br)cc12. The fraction of sp³-hybridized carbons (Fsp3) is 0.0526. The van der Waals surface area contributed by atoms with Crippen LogP contribution in [0.15, 0.2) is 53.0 Å². The van der Waals surface area contributed by atoms with Crippen molar-refractivity contribution in [3.05, 3.63) is 68.7 Å². The minimum Gasteiger partial charge on any atom is -0.449 e. The standard InChI is InChI=1S/C19H11BrN2O4/c1-2-8-26-19(23)16-11-18(12-4-3-5-14(9-12)22(24)25)21-17-7-6-13(20)10-15(16)17/h1,3-7,9-11H,8H2. The second-order valence-electron chi connectivity index (χ2n) is 5.30. The number of esters is 1. The molecule has 2 aromatic carbocycles. The number of non-ortho nitro benzene ring substituents is 1. The van der Waals surface area contributed by atoms with Crippen LogP contribution < -0.4 is 0 Å². The van der Waals surface area contributed by atoms with Crippen LogP contribution in [-0.2, 0) is 4.74 Å². The molecule has 0 radical (unpaired) electrons. The first kappa shape index (κ1) is 17.6. The lowest BCUT2D eigenvalue weighted by Gasteiger charge is -2.09. The van der Waals surface area contributed by atoms with E-state index in [0.717, 1.165) is 4.47 Å². The number of hydrogen-bond acceptors (Lipinski definition) is 5. The number of fused-ring (bicyclic) bond motifs is 1. The third kappa shape index (κ3) is 3.55. The first-order valence-electron chi connectivity index (χ1n) is 7.45. The van der Waals surface area contributed by atoms with Gasteiger partial charge in [0.1, 0.15) is 0 Å². The minimum atomic E-state index is -0.583. The van der Waals surface area contributed by atoms with Gasteiger partial charge in [0, 0.05) is 27.6 Å². The van der Waals surface area contributed by atoms with Crippen molar-refractivity contribution in [3.63, 3.8) is 0 Å². The topological polar surface area (TPSA) is 82.3 Å². The lowest BCUT2D eigenvalue weighted by Crippen LogP contribution is -2.07. The van der Waals surface area contributed by atoms with Crippen molar-refractivity contribution in [2.45, 2.75) is 0 Å². The molecule has 128 valence electrons. The molecule has 0 aliphatic heterocycles. The van der Waals surface area contributed by atoms with Crippen LogP contribution in [0.2, 0.25) is 0 Å². The molecule has 0 N–H and O–H groups in total. The molecule has 1 heterocycles. The van der Waals surface area contributed by atoms with Gasteiger partial charge in [-0.15, -0.1) is 6.42 Å². The molecule has 0 aliphatic rings. The maximum Gasteiger partial charge on any atom is 0.339 e. The second kappa shape index (κ2) is 7.33. The highest BCUT2D eigenvalue weighted by Gasteiger charge is 2.16. The van der Waals surface area contributed by atoms with E-state index in [0.29, 0.717) is 22.2 Å². The summed E-state index contributed by atoms with van der Waals surface area (Å²) in [4.78, 5) is 27.5. The first-order chi connectivity index (χ1) is 12.5. The van der Waals surface area contributed by atoms with E-state index in [4.69, 9.17) is 11.2 Å². The molecule has 0 fully saturated rings. The van der Waals surface area contributed by atoms with Crippen LogP contribution in [0, 0.1) is 22.5 Å². The lowest BCUT2D eigenvalue weighted by molar-refractivity contribution is -0.384. The number of carbonyl (C=O) groups is 1. The molecule has 0 unspecified atom stereocenters. The van der Waals surface area contributed by atoms with E-state index in [1.54, 1.807) is 36.4 Å². The Hall–Kier alpha value is -3.24. The number of hydrogen-bond donors (Lipinski definition) is 0. The second-order valence-corrected chi connectivity index (χ2v) is 6.22. The number of nitro benzene ring substituents is 1. The number of aromatic nitrogens is 1. The number of nitrogens with zero attached hydrogens (tertiary/aromatic N) is 2. The van der Waals surface area contributed by atoms with Crippen molar-refractivity contribution in [2.75, 3.05) is 6.61 Å². The Morgan fingerprint density at radius 2 is 2.08 bits per heavy atom. The average molecular weight is 411 g/mol. The monoisotopic (exact) mass is 410 g/mol. The number of ether oxygens (including phenoxy) is 1. The summed E-state index contributed by atoms with van der Waals surface area (Å²) >= 11 is 3.37. The summed E-state index contributed by atoms with van der Waals surface area (Å²) in [6.07, 6.45) is 5.15. The van der Waals surface area contributed by atoms with Crippen LogP contribution in [0.4, 0.5) is 5.69 Å². The minimum absolute atomic E-state index is 0.0586. The fourth-order valence-corrected chi connectivity index (χ4v) is 2.84. The predicted octanol–water partition coefficient (Wildman–Crippen LogP) is 4.36. The van der Waals surface area contributed by atoms with Gasteiger partial charge in [0.25, 0.3) is 5.69 Å². The third-order valence-corrected chi connectivity index (χ3v) is 4.12. The molecule has 1 aromatic heterocycles. The number of benzene rings is 2. The molecule has 3 aromatic rings. The highest BCUT2D eigenvalue weighted by Crippen LogP contribution is 2.29. The van der Waals surface area contributed by atoms with Crippen LogP contribution in [0.3, 0.4) is 0 Å². The Labute approximate surface area is 157 Å². The molecule has 0 atom stereocenters. The predicted molar refractivity (Wildman–Crippen MR) is 101 cm³/mol. The summed E-state index contributed by atoms with van der Waals surface area (Å²) in [5.41, 5.74) is 1.74. The van der Waals surface area contributed by atoms with Gasteiger partial charge in [0.2, 0.25) is 0 Å². The van der Waals surface area contributed by atoms with E-state index < -0.39 is 10.9 Å². The van der Waals surface area contributed by atoms with Gasteiger partial charge in [-0.25, -0.2) is 9.78 Å². The van der Waals surface area contributed by atoms with E-state index in [9.17, 15) is 14.9 Å². The zero-order valence-electron chi connectivity index (χ0n) is 13.3. The molecule has 0 saturated heterocycles. The van der Waals surface area contributed by atoms with Crippen molar-refractivity contribution in [2.24, 2.45) is 0 Å². The highest BCUT2D eigenvalue weighted by molar-refractivity contribution is 9.10. The van der Waals surface area contributed by atoms with E-state index in [1.807, 2.05) is 0 Å². The molecule has 3 rings (SSSR count). The van der Waals surface area contributed by atoms with Gasteiger partial charge in [-0.3, -0.25) is 10.1 Å². The van der Waals surface area contributed by atoms with Crippen molar-refractivity contribution >= 4 is 38.5 Å². The summed E-state index contributed by atoms with van der Waals surface area (Å²) in [5, 5.41) is 11.6. The number of rotatable bonds is 4. The summed E-state index contributed by atoms with van der Waals surface area (Å²) in [6.45, 7) is -0.150. The van der Waals surface area contributed by atoms with Crippen LogP contribution in [0.25, 0.3) is 22.2 Å². The van der Waals surface area contributed by atoms with Gasteiger partial charge < -0.3 is 4.74 Å². The molecule has 0 saturated carbocycles. The zero-order chi connectivity index (χ0) is 18.7. The molecule has 6 nitrogen and oxygen atoms in total. The van der Waals surface area contributed by atoms with Crippen LogP contribution in [0.1, 0.15) is 10.4 Å². The molecule has 26 heavy (non-hydrogen) atoms. The molecule has 0 amide bonds. The Bertz CT molecular complexity index is 1070. The normalized spacial score (nSPS) is 10.3. The van der Waals surface area contributed by atoms with Crippen molar-refractivity contribution in [1.29, 1.82) is 0 Å². The number of nitro groups is 1. The Morgan fingerprint density at radius 3 is 2.81 bits per heavy atom. The maximum atomic E-state index is 12.4. The van der Waals surface area contributed by atoms with Crippen LogP contribution in [0.5, 0.6) is 0 Å². The van der Waals surface area contributed by atoms with Gasteiger partial charge in [0.05, 0.1) is 21.7 Å². The van der Waals surface area contributed by atoms with Gasteiger partial charge in [-0.1, -0.05) is 34.0 Å². The van der Waals surface area contributed by atoms with Gasteiger partial charge in [0.15, 0.2) is 6.61 Å². The first-order valence-corrected chi connectivity index (χ1v) is 8.24. The van der Waals surface area contributed by atoms with Crippen LogP contribution >= 0.6 is 15.9 Å². The largest absolute Gasteiger partial charge is 0.449 e. The molecular formula is C19H11BrN2O4. The van der Waals surface area contributed by atoms with E-state index in [-0.39, 0.29) is 17.9 Å². The number of carbonyl (C=O) groups excluding carboxylic acids is 1. The third-order valence-electron chi connectivity index (χ3n) is 3.63. The maximum absolute atomic E-state index is 12.4. The number of pyridine rings is 1. The Balaban J connectivity index is 2.20. The average Bonchev–Trinajstić information content (AvgIpc) is 2.65. The summed E-state index contributed by atoms with van der Waals surface area (Å²) in [5.74, 6) is 1.67.